The molecule has 170 valence electrons. The number of rotatable bonds is 12. The van der Waals surface area contributed by atoms with E-state index in [0.717, 1.165) is 5.56 Å². The molecular weight excluding hydrogens is 406 g/mol. The van der Waals surface area contributed by atoms with Crippen molar-refractivity contribution in [3.05, 3.63) is 35.9 Å². The standard InChI is InChI=1S/C20H29N5O6/c1-11(17(27)24-12(2)20(30)31)23-19(29)15(10-13-6-4-3-5-7-13)25-18(28)14(21)8-9-16(22)26/h3-7,11-12,14-15H,8-10,21H2,1-2H3,(H2,22,26)(H,23,29)(H,24,27)(H,25,28)(H,30,31). The van der Waals surface area contributed by atoms with Crippen molar-refractivity contribution in [2.75, 3.05) is 0 Å². The van der Waals surface area contributed by atoms with Gasteiger partial charge in [-0.2, -0.15) is 0 Å². The topological polar surface area (TPSA) is 194 Å². The van der Waals surface area contributed by atoms with Crippen LogP contribution in [-0.2, 0) is 30.4 Å². The third-order valence-corrected chi connectivity index (χ3v) is 4.44. The first-order chi connectivity index (χ1) is 14.5. The number of carboxylic acids is 1. The number of nitrogens with one attached hydrogen (secondary N) is 3. The fourth-order valence-corrected chi connectivity index (χ4v) is 2.55. The number of aliphatic carboxylic acids is 1. The molecule has 0 bridgehead atoms. The molecule has 4 unspecified atom stereocenters. The summed E-state index contributed by atoms with van der Waals surface area (Å²) in [6.07, 6.45) is 0.0661. The third kappa shape index (κ3) is 9.26. The van der Waals surface area contributed by atoms with Crippen molar-refractivity contribution in [1.82, 2.24) is 16.0 Å². The number of benzene rings is 1. The van der Waals surface area contributed by atoms with Gasteiger partial charge in [-0.25, -0.2) is 0 Å². The molecule has 1 aromatic carbocycles. The maximum Gasteiger partial charge on any atom is 0.325 e. The number of nitrogens with two attached hydrogens (primary N) is 2. The summed E-state index contributed by atoms with van der Waals surface area (Å²) in [6, 6.07) is 4.60. The number of carboxylic acid groups (broad SMARTS) is 1. The highest BCUT2D eigenvalue weighted by Gasteiger charge is 2.27. The van der Waals surface area contributed by atoms with Gasteiger partial charge in [0.15, 0.2) is 0 Å². The molecular formula is C20H29N5O6. The van der Waals surface area contributed by atoms with Crippen molar-refractivity contribution in [3.8, 4) is 0 Å². The third-order valence-electron chi connectivity index (χ3n) is 4.44. The zero-order valence-electron chi connectivity index (χ0n) is 17.5. The van der Waals surface area contributed by atoms with Crippen LogP contribution in [0.25, 0.3) is 0 Å². The SMILES string of the molecule is CC(NC(=O)C(C)NC(=O)C(Cc1ccccc1)NC(=O)C(N)CCC(N)=O)C(=O)O. The van der Waals surface area contributed by atoms with Gasteiger partial charge in [0, 0.05) is 12.8 Å². The number of hydrogen-bond donors (Lipinski definition) is 6. The molecule has 0 saturated carbocycles. The normalized spacial score (nSPS) is 14.4. The van der Waals surface area contributed by atoms with Crippen molar-refractivity contribution < 1.29 is 29.1 Å². The summed E-state index contributed by atoms with van der Waals surface area (Å²) in [7, 11) is 0. The fraction of sp³-hybridized carbons (Fsp3) is 0.450. The Labute approximate surface area is 179 Å². The maximum atomic E-state index is 12.8. The van der Waals surface area contributed by atoms with Gasteiger partial charge in [-0.3, -0.25) is 24.0 Å². The largest absolute Gasteiger partial charge is 0.480 e. The average Bonchev–Trinajstić information content (AvgIpc) is 2.71. The van der Waals surface area contributed by atoms with Gasteiger partial charge < -0.3 is 32.5 Å². The number of primary amides is 1. The van der Waals surface area contributed by atoms with Crippen molar-refractivity contribution in [2.24, 2.45) is 11.5 Å². The van der Waals surface area contributed by atoms with E-state index < -0.39 is 53.8 Å². The number of carbonyl (C=O) groups excluding carboxylic acids is 4. The van der Waals surface area contributed by atoms with E-state index in [4.69, 9.17) is 16.6 Å². The van der Waals surface area contributed by atoms with E-state index in [9.17, 15) is 24.0 Å². The minimum atomic E-state index is -1.22. The van der Waals surface area contributed by atoms with Crippen LogP contribution in [0.15, 0.2) is 30.3 Å². The second-order valence-electron chi connectivity index (χ2n) is 7.16. The molecule has 0 aromatic heterocycles. The lowest BCUT2D eigenvalue weighted by molar-refractivity contribution is -0.141. The first-order valence-corrected chi connectivity index (χ1v) is 9.73. The fourth-order valence-electron chi connectivity index (χ4n) is 2.55. The molecule has 4 amide bonds. The lowest BCUT2D eigenvalue weighted by Crippen LogP contribution is -2.56. The summed E-state index contributed by atoms with van der Waals surface area (Å²) in [6.45, 7) is 2.68. The Balaban J connectivity index is 2.85. The molecule has 0 heterocycles. The molecule has 0 radical (unpaired) electrons. The minimum absolute atomic E-state index is 0.0206. The van der Waals surface area contributed by atoms with Crippen LogP contribution in [0.4, 0.5) is 0 Å². The van der Waals surface area contributed by atoms with Crippen molar-refractivity contribution in [1.29, 1.82) is 0 Å². The van der Waals surface area contributed by atoms with Crippen LogP contribution in [0.3, 0.4) is 0 Å². The summed E-state index contributed by atoms with van der Waals surface area (Å²) >= 11 is 0. The summed E-state index contributed by atoms with van der Waals surface area (Å²) in [5.74, 6) is -3.80. The first-order valence-electron chi connectivity index (χ1n) is 9.73. The average molecular weight is 435 g/mol. The molecule has 31 heavy (non-hydrogen) atoms. The van der Waals surface area contributed by atoms with E-state index >= 15 is 0 Å². The van der Waals surface area contributed by atoms with E-state index in [0.29, 0.717) is 0 Å². The molecule has 8 N–H and O–H groups in total. The number of carbonyl (C=O) groups is 5. The van der Waals surface area contributed by atoms with E-state index in [2.05, 4.69) is 16.0 Å². The summed E-state index contributed by atoms with van der Waals surface area (Å²) in [5.41, 5.74) is 11.6. The van der Waals surface area contributed by atoms with Crippen molar-refractivity contribution in [2.45, 2.75) is 57.3 Å². The summed E-state index contributed by atoms with van der Waals surface area (Å²) in [5, 5.41) is 16.1. The monoisotopic (exact) mass is 435 g/mol. The molecule has 0 aliphatic carbocycles. The number of amides is 4. The Bertz CT molecular complexity index is 801. The van der Waals surface area contributed by atoms with Gasteiger partial charge in [-0.1, -0.05) is 30.3 Å². The number of hydrogen-bond acceptors (Lipinski definition) is 6. The molecule has 11 heteroatoms. The minimum Gasteiger partial charge on any atom is -0.480 e. The van der Waals surface area contributed by atoms with Crippen LogP contribution in [-0.4, -0.2) is 58.9 Å². The van der Waals surface area contributed by atoms with Gasteiger partial charge in [0.2, 0.25) is 23.6 Å². The van der Waals surface area contributed by atoms with E-state index in [1.807, 2.05) is 0 Å². The van der Waals surface area contributed by atoms with Crippen molar-refractivity contribution in [3.63, 3.8) is 0 Å². The lowest BCUT2D eigenvalue weighted by atomic mass is 10.0. The van der Waals surface area contributed by atoms with Crippen molar-refractivity contribution >= 4 is 29.6 Å². The van der Waals surface area contributed by atoms with Gasteiger partial charge in [0.25, 0.3) is 0 Å². The predicted octanol–water partition coefficient (Wildman–Crippen LogP) is -1.60. The van der Waals surface area contributed by atoms with Gasteiger partial charge >= 0.3 is 5.97 Å². The van der Waals surface area contributed by atoms with Crippen LogP contribution in [0.2, 0.25) is 0 Å². The van der Waals surface area contributed by atoms with Crippen LogP contribution in [0, 0.1) is 0 Å². The predicted molar refractivity (Wildman–Crippen MR) is 111 cm³/mol. The molecule has 0 spiro atoms. The molecule has 4 atom stereocenters. The highest BCUT2D eigenvalue weighted by Crippen LogP contribution is 2.05. The Morgan fingerprint density at radius 3 is 2.03 bits per heavy atom. The summed E-state index contributed by atoms with van der Waals surface area (Å²) in [4.78, 5) is 59.0. The van der Waals surface area contributed by atoms with Crippen LogP contribution in [0.1, 0.15) is 32.3 Å². The van der Waals surface area contributed by atoms with Crippen LogP contribution < -0.4 is 27.4 Å². The van der Waals surface area contributed by atoms with Gasteiger partial charge in [0.1, 0.15) is 18.1 Å². The van der Waals surface area contributed by atoms with Crippen LogP contribution in [0.5, 0.6) is 0 Å². The molecule has 11 nitrogen and oxygen atoms in total. The highest BCUT2D eigenvalue weighted by atomic mass is 16.4. The molecule has 0 aliphatic rings. The highest BCUT2D eigenvalue weighted by molar-refractivity contribution is 5.94. The Hall–Kier alpha value is -3.47. The second kappa shape index (κ2) is 12.3. The molecule has 1 rings (SSSR count). The quantitative estimate of drug-likeness (QED) is 0.227. The molecule has 0 fully saturated rings. The Morgan fingerprint density at radius 1 is 0.903 bits per heavy atom. The van der Waals surface area contributed by atoms with E-state index in [-0.39, 0.29) is 19.3 Å². The maximum absolute atomic E-state index is 12.8. The molecule has 0 saturated heterocycles. The zero-order valence-corrected chi connectivity index (χ0v) is 17.5. The van der Waals surface area contributed by atoms with Gasteiger partial charge in [-0.15, -0.1) is 0 Å². The lowest BCUT2D eigenvalue weighted by Gasteiger charge is -2.23. The van der Waals surface area contributed by atoms with Gasteiger partial charge in [-0.05, 0) is 25.8 Å². The first kappa shape index (κ1) is 25.6. The molecule has 1 aromatic rings. The Kier molecular flexibility index (Phi) is 10.1. The van der Waals surface area contributed by atoms with E-state index in [1.165, 1.54) is 13.8 Å². The molecule has 0 aliphatic heterocycles. The van der Waals surface area contributed by atoms with E-state index in [1.54, 1.807) is 30.3 Å². The summed E-state index contributed by atoms with van der Waals surface area (Å²) < 4.78 is 0. The zero-order chi connectivity index (χ0) is 23.6. The second-order valence-corrected chi connectivity index (χ2v) is 7.16. The van der Waals surface area contributed by atoms with Gasteiger partial charge in [0.05, 0.1) is 6.04 Å². The smallest absolute Gasteiger partial charge is 0.325 e. The van der Waals surface area contributed by atoms with Crippen LogP contribution >= 0.6 is 0 Å². The Morgan fingerprint density at radius 2 is 1.48 bits per heavy atom.